The maximum atomic E-state index is 11.9. The van der Waals surface area contributed by atoms with Crippen molar-refractivity contribution >= 4 is 17.5 Å². The molecule has 5 nitrogen and oxygen atoms in total. The van der Waals surface area contributed by atoms with Gasteiger partial charge in [0.05, 0.1) is 6.04 Å². The van der Waals surface area contributed by atoms with Crippen molar-refractivity contribution in [3.8, 4) is 0 Å². The van der Waals surface area contributed by atoms with Crippen LogP contribution >= 0.6 is 0 Å². The number of carbonyl (C=O) groups excluding carboxylic acids is 2. The maximum Gasteiger partial charge on any atom is 0.241 e. The van der Waals surface area contributed by atoms with Gasteiger partial charge in [0.2, 0.25) is 11.8 Å². The molecule has 0 spiro atoms. The Morgan fingerprint density at radius 2 is 1.68 bits per heavy atom. The van der Waals surface area contributed by atoms with E-state index in [1.54, 1.807) is 11.8 Å². The third-order valence-electron chi connectivity index (χ3n) is 3.62. The maximum absolute atomic E-state index is 11.9. The molecule has 0 aromatic heterocycles. The van der Waals surface area contributed by atoms with Gasteiger partial charge in [-0.2, -0.15) is 0 Å². The molecule has 0 radical (unpaired) electrons. The van der Waals surface area contributed by atoms with Crippen molar-refractivity contribution in [2.75, 3.05) is 5.32 Å². The fourth-order valence-corrected chi connectivity index (χ4v) is 2.08. The van der Waals surface area contributed by atoms with Gasteiger partial charge in [0, 0.05) is 25.2 Å². The smallest absolute Gasteiger partial charge is 0.241 e. The van der Waals surface area contributed by atoms with Crippen LogP contribution in [0.3, 0.4) is 0 Å². The van der Waals surface area contributed by atoms with Crippen LogP contribution in [0.4, 0.5) is 5.69 Å². The van der Waals surface area contributed by atoms with E-state index in [2.05, 4.69) is 5.32 Å². The van der Waals surface area contributed by atoms with E-state index < -0.39 is 6.04 Å². The molecule has 0 bridgehead atoms. The van der Waals surface area contributed by atoms with Crippen LogP contribution in [0.1, 0.15) is 40.2 Å². The van der Waals surface area contributed by atoms with Crippen molar-refractivity contribution in [1.29, 1.82) is 0 Å². The molecule has 0 unspecified atom stereocenters. The van der Waals surface area contributed by atoms with Gasteiger partial charge in [0.15, 0.2) is 0 Å². The molecule has 0 heterocycles. The molecule has 0 aliphatic carbocycles. The summed E-state index contributed by atoms with van der Waals surface area (Å²) in [5.41, 5.74) is 7.55. The van der Waals surface area contributed by atoms with Crippen molar-refractivity contribution in [2.24, 2.45) is 11.7 Å². The number of carbonyl (C=O) groups is 2. The summed E-state index contributed by atoms with van der Waals surface area (Å²) in [6.45, 7) is 9.94. The normalized spacial score (nSPS) is 12.4. The van der Waals surface area contributed by atoms with Crippen LogP contribution in [-0.2, 0) is 16.1 Å². The van der Waals surface area contributed by atoms with Gasteiger partial charge >= 0.3 is 0 Å². The predicted molar refractivity (Wildman–Crippen MR) is 89.2 cm³/mol. The first kappa shape index (κ1) is 18.2. The second kappa shape index (κ2) is 7.94. The zero-order chi connectivity index (χ0) is 16.9. The molecule has 122 valence electrons. The minimum atomic E-state index is -0.520. The van der Waals surface area contributed by atoms with E-state index in [0.29, 0.717) is 12.2 Å². The Bertz CT molecular complexity index is 509. The molecule has 1 aromatic carbocycles. The molecule has 22 heavy (non-hydrogen) atoms. The summed E-state index contributed by atoms with van der Waals surface area (Å²) in [7, 11) is 0. The molecular weight excluding hydrogens is 278 g/mol. The molecule has 2 amide bonds. The number of anilines is 1. The average molecular weight is 305 g/mol. The Balaban J connectivity index is 2.71. The molecule has 1 atom stereocenters. The van der Waals surface area contributed by atoms with Gasteiger partial charge in [-0.25, -0.2) is 0 Å². The molecular formula is C17H27N3O2. The van der Waals surface area contributed by atoms with Gasteiger partial charge in [0.25, 0.3) is 0 Å². The number of hydrogen-bond acceptors (Lipinski definition) is 3. The van der Waals surface area contributed by atoms with Crippen LogP contribution in [0.2, 0.25) is 0 Å². The summed E-state index contributed by atoms with van der Waals surface area (Å²) in [5, 5.41) is 2.80. The molecule has 0 fully saturated rings. The van der Waals surface area contributed by atoms with Crippen LogP contribution in [-0.4, -0.2) is 28.8 Å². The Kier molecular flexibility index (Phi) is 6.56. The zero-order valence-electron chi connectivity index (χ0n) is 14.1. The summed E-state index contributed by atoms with van der Waals surface area (Å²) < 4.78 is 0. The van der Waals surface area contributed by atoms with E-state index >= 15 is 0 Å². The topological polar surface area (TPSA) is 75.4 Å². The van der Waals surface area contributed by atoms with Crippen LogP contribution in [0.15, 0.2) is 24.3 Å². The summed E-state index contributed by atoms with van der Waals surface area (Å²) in [6.07, 6.45) is 0. The van der Waals surface area contributed by atoms with Crippen LogP contribution in [0.25, 0.3) is 0 Å². The van der Waals surface area contributed by atoms with E-state index in [1.165, 1.54) is 0 Å². The molecule has 0 aliphatic rings. The van der Waals surface area contributed by atoms with Crippen molar-refractivity contribution in [3.05, 3.63) is 29.8 Å². The first-order valence-corrected chi connectivity index (χ1v) is 7.65. The lowest BCUT2D eigenvalue weighted by molar-refractivity contribution is -0.131. The van der Waals surface area contributed by atoms with Crippen molar-refractivity contribution in [1.82, 2.24) is 4.90 Å². The summed E-state index contributed by atoms with van der Waals surface area (Å²) in [6, 6.07) is 7.12. The van der Waals surface area contributed by atoms with Gasteiger partial charge in [0.1, 0.15) is 0 Å². The second-order valence-electron chi connectivity index (χ2n) is 6.20. The number of nitrogens with zero attached hydrogens (tertiary/aromatic N) is 1. The lowest BCUT2D eigenvalue weighted by Crippen LogP contribution is -2.39. The van der Waals surface area contributed by atoms with Gasteiger partial charge in [-0.05, 0) is 37.5 Å². The molecule has 3 N–H and O–H groups in total. The van der Waals surface area contributed by atoms with Gasteiger partial charge in [-0.3, -0.25) is 9.59 Å². The lowest BCUT2D eigenvalue weighted by Gasteiger charge is -2.25. The highest BCUT2D eigenvalue weighted by molar-refractivity contribution is 5.94. The number of rotatable bonds is 6. The SMILES string of the molecule is CC(=O)N(Cc1ccc(NC(=O)[C@@H](N)C(C)C)cc1)C(C)C. The average Bonchev–Trinajstić information content (AvgIpc) is 2.44. The largest absolute Gasteiger partial charge is 0.336 e. The summed E-state index contributed by atoms with van der Waals surface area (Å²) >= 11 is 0. The third-order valence-corrected chi connectivity index (χ3v) is 3.62. The van der Waals surface area contributed by atoms with Crippen molar-refractivity contribution in [2.45, 2.75) is 53.2 Å². The third kappa shape index (κ3) is 5.15. The standard InChI is InChI=1S/C17H27N3O2/c1-11(2)16(18)17(22)19-15-8-6-14(7-9-15)10-20(12(3)4)13(5)21/h6-9,11-12,16H,10,18H2,1-5H3,(H,19,22)/t16-/m0/s1. The van der Waals surface area contributed by atoms with Crippen LogP contribution < -0.4 is 11.1 Å². The van der Waals surface area contributed by atoms with Crippen LogP contribution in [0, 0.1) is 5.92 Å². The van der Waals surface area contributed by atoms with E-state index in [1.807, 2.05) is 52.0 Å². The number of hydrogen-bond donors (Lipinski definition) is 2. The van der Waals surface area contributed by atoms with Gasteiger partial charge in [-0.1, -0.05) is 26.0 Å². The Hall–Kier alpha value is -1.88. The lowest BCUT2D eigenvalue weighted by atomic mass is 10.0. The van der Waals surface area contributed by atoms with Crippen molar-refractivity contribution in [3.63, 3.8) is 0 Å². The Labute approximate surface area is 132 Å². The monoisotopic (exact) mass is 305 g/mol. The number of nitrogens with one attached hydrogen (secondary N) is 1. The summed E-state index contributed by atoms with van der Waals surface area (Å²) in [5.74, 6) is -0.0416. The number of nitrogens with two attached hydrogens (primary N) is 1. The number of benzene rings is 1. The van der Waals surface area contributed by atoms with E-state index in [9.17, 15) is 9.59 Å². The van der Waals surface area contributed by atoms with Crippen LogP contribution in [0.5, 0.6) is 0 Å². The first-order chi connectivity index (χ1) is 10.2. The second-order valence-corrected chi connectivity index (χ2v) is 6.20. The van der Waals surface area contributed by atoms with E-state index in [-0.39, 0.29) is 23.8 Å². The number of amides is 2. The molecule has 0 aliphatic heterocycles. The zero-order valence-corrected chi connectivity index (χ0v) is 14.1. The predicted octanol–water partition coefficient (Wildman–Crippen LogP) is 2.37. The van der Waals surface area contributed by atoms with Gasteiger partial charge < -0.3 is 16.0 Å². The van der Waals surface area contributed by atoms with E-state index in [4.69, 9.17) is 5.73 Å². The molecule has 0 saturated heterocycles. The Morgan fingerprint density at radius 1 is 1.14 bits per heavy atom. The highest BCUT2D eigenvalue weighted by Gasteiger charge is 2.17. The Morgan fingerprint density at radius 3 is 2.09 bits per heavy atom. The highest BCUT2D eigenvalue weighted by atomic mass is 16.2. The van der Waals surface area contributed by atoms with Gasteiger partial charge in [-0.15, -0.1) is 0 Å². The molecule has 1 rings (SSSR count). The van der Waals surface area contributed by atoms with Crippen molar-refractivity contribution < 1.29 is 9.59 Å². The molecule has 1 aromatic rings. The minimum absolute atomic E-state index is 0.0512. The first-order valence-electron chi connectivity index (χ1n) is 7.65. The molecule has 0 saturated carbocycles. The summed E-state index contributed by atoms with van der Waals surface area (Å²) in [4.78, 5) is 25.3. The minimum Gasteiger partial charge on any atom is -0.336 e. The fraction of sp³-hybridized carbons (Fsp3) is 0.529. The quantitative estimate of drug-likeness (QED) is 0.847. The highest BCUT2D eigenvalue weighted by Crippen LogP contribution is 2.14. The molecule has 5 heteroatoms. The van der Waals surface area contributed by atoms with E-state index in [0.717, 1.165) is 5.56 Å². The fourth-order valence-electron chi connectivity index (χ4n) is 2.08.